The number of carbonyl (C=O) groups is 2. The maximum Gasteiger partial charge on any atom is 0.341 e. The largest absolute Gasteiger partial charge is 0.488 e. The first-order valence-corrected chi connectivity index (χ1v) is 13.7. The van der Waals surface area contributed by atoms with Gasteiger partial charge in [-0.3, -0.25) is 4.79 Å². The van der Waals surface area contributed by atoms with Gasteiger partial charge < -0.3 is 14.8 Å². The van der Waals surface area contributed by atoms with Crippen molar-refractivity contribution in [2.24, 2.45) is 0 Å². The lowest BCUT2D eigenvalue weighted by molar-refractivity contribution is -0.112. The quantitative estimate of drug-likeness (QED) is 0.181. The van der Waals surface area contributed by atoms with E-state index < -0.39 is 11.9 Å². The van der Waals surface area contributed by atoms with E-state index in [9.17, 15) is 20.1 Å². The Balaban J connectivity index is 1.61. The Bertz CT molecular complexity index is 1500. The number of benzene rings is 2. The van der Waals surface area contributed by atoms with E-state index in [1.54, 1.807) is 37.3 Å². The minimum Gasteiger partial charge on any atom is -0.488 e. The van der Waals surface area contributed by atoms with Gasteiger partial charge in [-0.05, 0) is 68.5 Å². The van der Waals surface area contributed by atoms with Crippen molar-refractivity contribution in [3.63, 3.8) is 0 Å². The maximum absolute atomic E-state index is 13.2. The number of ether oxygens (including phenoxy) is 2. The summed E-state index contributed by atoms with van der Waals surface area (Å²) in [5.41, 5.74) is 2.91. The van der Waals surface area contributed by atoms with Crippen molar-refractivity contribution in [2.75, 3.05) is 11.9 Å². The Labute approximate surface area is 233 Å². The summed E-state index contributed by atoms with van der Waals surface area (Å²) in [6, 6.07) is 16.5. The highest BCUT2D eigenvalue weighted by Gasteiger charge is 2.28. The van der Waals surface area contributed by atoms with Gasteiger partial charge in [-0.15, -0.1) is 11.3 Å². The number of nitriles is 2. The first-order valence-electron chi connectivity index (χ1n) is 12.1. The van der Waals surface area contributed by atoms with Crippen LogP contribution in [0.5, 0.6) is 5.75 Å². The summed E-state index contributed by atoms with van der Waals surface area (Å²) in [5, 5.41) is 22.4. The number of halogens is 1. The first-order chi connectivity index (χ1) is 18.4. The lowest BCUT2D eigenvalue weighted by atomic mass is 9.95. The second kappa shape index (κ2) is 12.6. The molecule has 1 aliphatic rings. The van der Waals surface area contributed by atoms with Crippen LogP contribution in [0.25, 0.3) is 6.08 Å². The fourth-order valence-electron chi connectivity index (χ4n) is 4.22. The molecule has 4 rings (SSSR count). The molecular weight excluding hydrogens is 566 g/mol. The summed E-state index contributed by atoms with van der Waals surface area (Å²) in [6.07, 6.45) is 5.04. The van der Waals surface area contributed by atoms with Crippen LogP contribution in [0.3, 0.4) is 0 Å². The van der Waals surface area contributed by atoms with Crippen LogP contribution in [0.2, 0.25) is 0 Å². The van der Waals surface area contributed by atoms with Crippen molar-refractivity contribution in [1.82, 2.24) is 0 Å². The van der Waals surface area contributed by atoms with Gasteiger partial charge >= 0.3 is 5.97 Å². The zero-order valence-corrected chi connectivity index (χ0v) is 23.1. The molecule has 1 N–H and O–H groups in total. The van der Waals surface area contributed by atoms with E-state index in [0.29, 0.717) is 27.4 Å². The van der Waals surface area contributed by atoms with Crippen LogP contribution in [0.15, 0.2) is 52.5 Å². The number of carbonyl (C=O) groups excluding carboxylic acids is 2. The number of nitrogens with zero attached hydrogens (tertiary/aromatic N) is 2. The summed E-state index contributed by atoms with van der Waals surface area (Å²) in [7, 11) is 0. The molecule has 38 heavy (non-hydrogen) atoms. The second-order valence-corrected chi connectivity index (χ2v) is 10.5. The van der Waals surface area contributed by atoms with E-state index in [1.807, 2.05) is 18.2 Å². The third kappa shape index (κ3) is 6.13. The average Bonchev–Trinajstić information content (AvgIpc) is 3.29. The highest BCUT2D eigenvalue weighted by molar-refractivity contribution is 9.10. The fourth-order valence-corrected chi connectivity index (χ4v) is 5.87. The van der Waals surface area contributed by atoms with Crippen LogP contribution in [0, 0.1) is 22.7 Å². The van der Waals surface area contributed by atoms with Crippen LogP contribution in [0.4, 0.5) is 5.00 Å². The normalized spacial score (nSPS) is 12.6. The van der Waals surface area contributed by atoms with Crippen LogP contribution in [0.1, 0.15) is 57.3 Å². The number of rotatable bonds is 8. The molecule has 9 heteroatoms. The van der Waals surface area contributed by atoms with Crippen molar-refractivity contribution < 1.29 is 19.1 Å². The molecule has 0 radical (unpaired) electrons. The zero-order chi connectivity index (χ0) is 27.1. The van der Waals surface area contributed by atoms with Gasteiger partial charge in [-0.1, -0.05) is 34.1 Å². The van der Waals surface area contributed by atoms with E-state index in [0.717, 1.165) is 46.2 Å². The molecule has 2 aromatic carbocycles. The summed E-state index contributed by atoms with van der Waals surface area (Å²) >= 11 is 4.79. The number of nitrogens with one attached hydrogen (secondary N) is 1. The number of esters is 1. The maximum atomic E-state index is 13.2. The smallest absolute Gasteiger partial charge is 0.341 e. The Morgan fingerprint density at radius 2 is 1.95 bits per heavy atom. The number of amides is 1. The standard InChI is InChI=1S/C29H24BrN3O4S/c1-2-36-29(35)26-23-9-5-6-10-25(23)38-28(26)33-27(34)21(16-32)13-20-14-22(30)11-12-24(20)37-17-19-8-4-3-7-18(19)15-31/h3-4,7-8,11-14H,2,5-6,9-10,17H2,1H3,(H,33,34)/b21-13+. The number of thiophene rings is 1. The van der Waals surface area contributed by atoms with Gasteiger partial charge in [0.2, 0.25) is 0 Å². The molecule has 0 saturated heterocycles. The average molecular weight is 590 g/mol. The number of aryl methyl sites for hydroxylation is 1. The van der Waals surface area contributed by atoms with Gasteiger partial charge in [0.25, 0.3) is 5.91 Å². The fraction of sp³-hybridized carbons (Fsp3) is 0.241. The Morgan fingerprint density at radius 1 is 1.16 bits per heavy atom. The molecule has 0 atom stereocenters. The van der Waals surface area contributed by atoms with Crippen molar-refractivity contribution in [3.8, 4) is 17.9 Å². The Hall–Kier alpha value is -3.92. The Kier molecular flexibility index (Phi) is 8.96. The molecule has 0 unspecified atom stereocenters. The SMILES string of the molecule is CCOC(=O)c1c(NC(=O)/C(C#N)=C/c2cc(Br)ccc2OCc2ccccc2C#N)sc2c1CCCC2. The molecule has 1 heterocycles. The molecule has 0 fully saturated rings. The first kappa shape index (κ1) is 27.1. The summed E-state index contributed by atoms with van der Waals surface area (Å²) < 4.78 is 12.0. The van der Waals surface area contributed by atoms with Gasteiger partial charge in [-0.25, -0.2) is 4.79 Å². The predicted molar refractivity (Wildman–Crippen MR) is 149 cm³/mol. The van der Waals surface area contributed by atoms with Crippen LogP contribution in [-0.4, -0.2) is 18.5 Å². The molecule has 0 saturated carbocycles. The molecule has 1 aromatic heterocycles. The van der Waals surface area contributed by atoms with E-state index in [2.05, 4.69) is 27.3 Å². The molecule has 7 nitrogen and oxygen atoms in total. The molecule has 3 aromatic rings. The van der Waals surface area contributed by atoms with Gasteiger partial charge in [0, 0.05) is 20.5 Å². The van der Waals surface area contributed by atoms with Crippen molar-refractivity contribution in [1.29, 1.82) is 10.5 Å². The van der Waals surface area contributed by atoms with Gasteiger partial charge in [0.05, 0.1) is 23.8 Å². The number of hydrogen-bond donors (Lipinski definition) is 1. The van der Waals surface area contributed by atoms with Crippen LogP contribution in [-0.2, 0) is 29.0 Å². The molecule has 1 aliphatic carbocycles. The molecule has 192 valence electrons. The summed E-state index contributed by atoms with van der Waals surface area (Å²) in [6.45, 7) is 2.11. The van der Waals surface area contributed by atoms with Gasteiger partial charge in [-0.2, -0.15) is 10.5 Å². The van der Waals surface area contributed by atoms with E-state index >= 15 is 0 Å². The van der Waals surface area contributed by atoms with Crippen molar-refractivity contribution in [3.05, 3.63) is 85.2 Å². The van der Waals surface area contributed by atoms with Crippen LogP contribution >= 0.6 is 27.3 Å². The third-order valence-corrected chi connectivity index (χ3v) is 7.74. The topological polar surface area (TPSA) is 112 Å². The summed E-state index contributed by atoms with van der Waals surface area (Å²) in [4.78, 5) is 27.0. The van der Waals surface area contributed by atoms with Gasteiger partial charge in [0.1, 0.15) is 29.0 Å². The molecule has 1 amide bonds. The van der Waals surface area contributed by atoms with E-state index in [-0.39, 0.29) is 18.8 Å². The lowest BCUT2D eigenvalue weighted by Gasteiger charge is -2.12. The highest BCUT2D eigenvalue weighted by Crippen LogP contribution is 2.39. The molecule has 0 spiro atoms. The Morgan fingerprint density at radius 3 is 2.71 bits per heavy atom. The minimum atomic E-state index is -0.627. The number of hydrogen-bond acceptors (Lipinski definition) is 7. The van der Waals surface area contributed by atoms with Gasteiger partial charge in [0.15, 0.2) is 0 Å². The minimum absolute atomic E-state index is 0.143. The van der Waals surface area contributed by atoms with Crippen molar-refractivity contribution in [2.45, 2.75) is 39.2 Å². The zero-order valence-electron chi connectivity index (χ0n) is 20.7. The molecule has 0 aliphatic heterocycles. The lowest BCUT2D eigenvalue weighted by Crippen LogP contribution is -2.16. The molecular formula is C29H24BrN3O4S. The van der Waals surface area contributed by atoms with Crippen LogP contribution < -0.4 is 10.1 Å². The number of anilines is 1. The van der Waals surface area contributed by atoms with Crippen molar-refractivity contribution >= 4 is 50.2 Å². The third-order valence-electron chi connectivity index (χ3n) is 6.04. The monoisotopic (exact) mass is 589 g/mol. The second-order valence-electron chi connectivity index (χ2n) is 8.50. The molecule has 0 bridgehead atoms. The predicted octanol–water partition coefficient (Wildman–Crippen LogP) is 6.56. The highest BCUT2D eigenvalue weighted by atomic mass is 79.9. The summed E-state index contributed by atoms with van der Waals surface area (Å²) in [5.74, 6) is -0.650. The number of fused-ring (bicyclic) bond motifs is 1. The van der Waals surface area contributed by atoms with E-state index in [1.165, 1.54) is 17.4 Å². The van der Waals surface area contributed by atoms with E-state index in [4.69, 9.17) is 9.47 Å².